The zero-order valence-corrected chi connectivity index (χ0v) is 21.8. The molecule has 0 aromatic heterocycles. The maximum absolute atomic E-state index is 13.0. The van der Waals surface area contributed by atoms with Gasteiger partial charge in [0.25, 0.3) is 0 Å². The molecule has 0 saturated carbocycles. The van der Waals surface area contributed by atoms with Crippen LogP contribution in [0.1, 0.15) is 58.6 Å². The van der Waals surface area contributed by atoms with Crippen molar-refractivity contribution in [2.75, 3.05) is 26.6 Å². The third-order valence-electron chi connectivity index (χ3n) is 5.99. The minimum atomic E-state index is -0.699. The summed E-state index contributed by atoms with van der Waals surface area (Å²) in [5, 5.41) is 2.91. The summed E-state index contributed by atoms with van der Waals surface area (Å²) in [5.41, 5.74) is 1.40. The zero-order chi connectivity index (χ0) is 26.0. The van der Waals surface area contributed by atoms with E-state index in [0.717, 1.165) is 11.1 Å². The van der Waals surface area contributed by atoms with Gasteiger partial charge in [-0.05, 0) is 42.9 Å². The number of rotatable bonds is 7. The molecule has 1 unspecified atom stereocenters. The van der Waals surface area contributed by atoms with Gasteiger partial charge in [0.15, 0.2) is 11.5 Å². The Labute approximate surface area is 206 Å². The summed E-state index contributed by atoms with van der Waals surface area (Å²) >= 11 is 0. The molecule has 1 N–H and O–H groups in total. The molecule has 2 aromatic carbocycles. The summed E-state index contributed by atoms with van der Waals surface area (Å²) in [6.45, 7) is 9.48. The summed E-state index contributed by atoms with van der Waals surface area (Å²) in [7, 11) is 4.57. The van der Waals surface area contributed by atoms with Gasteiger partial charge >= 0.3 is 5.97 Å². The number of amides is 1. The first-order chi connectivity index (χ1) is 16.4. The van der Waals surface area contributed by atoms with Gasteiger partial charge in [0.1, 0.15) is 17.1 Å². The van der Waals surface area contributed by atoms with Crippen LogP contribution in [0.3, 0.4) is 0 Å². The molecule has 0 saturated heterocycles. The van der Waals surface area contributed by atoms with Crippen LogP contribution in [-0.2, 0) is 21.4 Å². The van der Waals surface area contributed by atoms with Crippen molar-refractivity contribution in [3.05, 3.63) is 35.4 Å². The summed E-state index contributed by atoms with van der Waals surface area (Å²) in [5.74, 6) is 2.06. The Bertz CT molecular complexity index is 1090. The molecule has 2 aromatic rings. The molecular weight excluding hydrogens is 450 g/mol. The first-order valence-corrected chi connectivity index (χ1v) is 11.5. The smallest absolute Gasteiger partial charge is 0.308 e. The number of hydrogen-bond donors (Lipinski definition) is 1. The summed E-state index contributed by atoms with van der Waals surface area (Å²) in [6, 6.07) is 7.19. The second kappa shape index (κ2) is 10.1. The Kier molecular flexibility index (Phi) is 7.53. The van der Waals surface area contributed by atoms with Crippen LogP contribution in [0.25, 0.3) is 0 Å². The Balaban J connectivity index is 1.81. The van der Waals surface area contributed by atoms with Crippen molar-refractivity contribution >= 4 is 17.6 Å². The van der Waals surface area contributed by atoms with E-state index in [4.69, 9.17) is 23.7 Å². The second-order valence-corrected chi connectivity index (χ2v) is 9.99. The van der Waals surface area contributed by atoms with Gasteiger partial charge in [-0.3, -0.25) is 9.59 Å². The highest BCUT2D eigenvalue weighted by Crippen LogP contribution is 2.43. The minimum absolute atomic E-state index is 0.152. The van der Waals surface area contributed by atoms with Crippen molar-refractivity contribution in [3.8, 4) is 28.7 Å². The number of hydrogen-bond acceptors (Lipinski definition) is 7. The van der Waals surface area contributed by atoms with Crippen molar-refractivity contribution in [2.45, 2.75) is 64.9 Å². The number of nitrogens with one attached hydrogen (secondary N) is 1. The Morgan fingerprint density at radius 2 is 1.63 bits per heavy atom. The maximum Gasteiger partial charge on any atom is 0.308 e. The molecule has 190 valence electrons. The summed E-state index contributed by atoms with van der Waals surface area (Å²) < 4.78 is 27.9. The fourth-order valence-electron chi connectivity index (χ4n) is 4.26. The van der Waals surface area contributed by atoms with Crippen LogP contribution < -0.4 is 29.0 Å². The minimum Gasteiger partial charge on any atom is -0.493 e. The lowest BCUT2D eigenvalue weighted by atomic mass is 9.83. The van der Waals surface area contributed by atoms with Gasteiger partial charge in [0.05, 0.1) is 27.8 Å². The van der Waals surface area contributed by atoms with Crippen LogP contribution in [0.4, 0.5) is 5.69 Å². The Hall–Kier alpha value is -3.42. The SMILES string of the molecule is COc1cc(NC(=O)CC2(C)CCc3cc(OC(C)=O)c(C(C)(C)C)cc3O2)cc(OC)c1OC. The molecule has 0 radical (unpaired) electrons. The van der Waals surface area contributed by atoms with E-state index in [2.05, 4.69) is 26.1 Å². The van der Waals surface area contributed by atoms with E-state index < -0.39 is 5.60 Å². The molecule has 0 bridgehead atoms. The fraction of sp³-hybridized carbons (Fsp3) is 0.481. The van der Waals surface area contributed by atoms with E-state index in [9.17, 15) is 9.59 Å². The predicted molar refractivity (Wildman–Crippen MR) is 133 cm³/mol. The first-order valence-electron chi connectivity index (χ1n) is 11.5. The lowest BCUT2D eigenvalue weighted by Gasteiger charge is -2.36. The molecule has 0 fully saturated rings. The van der Waals surface area contributed by atoms with Gasteiger partial charge in [0, 0.05) is 30.3 Å². The number of aryl methyl sites for hydroxylation is 1. The monoisotopic (exact) mass is 485 g/mol. The van der Waals surface area contributed by atoms with Gasteiger partial charge in [-0.15, -0.1) is 0 Å². The second-order valence-electron chi connectivity index (χ2n) is 9.99. The predicted octanol–water partition coefficient (Wildman–Crippen LogP) is 5.05. The summed E-state index contributed by atoms with van der Waals surface area (Å²) in [6.07, 6.45) is 1.48. The third-order valence-corrected chi connectivity index (χ3v) is 5.99. The molecule has 1 heterocycles. The van der Waals surface area contributed by atoms with Crippen LogP contribution in [0.5, 0.6) is 28.7 Å². The molecule has 1 atom stereocenters. The van der Waals surface area contributed by atoms with Crippen molar-refractivity contribution in [1.29, 1.82) is 0 Å². The lowest BCUT2D eigenvalue weighted by molar-refractivity contribution is -0.132. The third kappa shape index (κ3) is 5.99. The molecule has 3 rings (SSSR count). The number of fused-ring (bicyclic) bond motifs is 1. The standard InChI is InChI=1S/C27H35NO7/c1-16(29)34-21-11-17-9-10-27(5,35-20(17)14-19(21)26(2,3)4)15-24(30)28-18-12-22(31-6)25(33-8)23(13-18)32-7/h11-14H,9-10,15H2,1-8H3,(H,28,30). The number of esters is 1. The highest BCUT2D eigenvalue weighted by Gasteiger charge is 2.36. The summed E-state index contributed by atoms with van der Waals surface area (Å²) in [4.78, 5) is 24.6. The average Bonchev–Trinajstić information content (AvgIpc) is 2.76. The molecule has 0 spiro atoms. The van der Waals surface area contributed by atoms with Crippen molar-refractivity contribution in [1.82, 2.24) is 0 Å². The maximum atomic E-state index is 13.0. The number of ether oxygens (including phenoxy) is 5. The van der Waals surface area contributed by atoms with E-state index in [1.54, 1.807) is 12.1 Å². The highest BCUT2D eigenvalue weighted by molar-refractivity contribution is 5.92. The Morgan fingerprint density at radius 1 is 1.00 bits per heavy atom. The normalized spacial score (nSPS) is 17.0. The van der Waals surface area contributed by atoms with Crippen LogP contribution in [0.15, 0.2) is 24.3 Å². The molecule has 0 aliphatic carbocycles. The quantitative estimate of drug-likeness (QED) is 0.433. The first kappa shape index (κ1) is 26.2. The molecule has 1 aliphatic heterocycles. The van der Waals surface area contributed by atoms with Crippen LogP contribution in [-0.4, -0.2) is 38.8 Å². The van der Waals surface area contributed by atoms with Crippen LogP contribution in [0.2, 0.25) is 0 Å². The molecule has 8 heteroatoms. The van der Waals surface area contributed by atoms with Gasteiger partial charge in [0.2, 0.25) is 11.7 Å². The van der Waals surface area contributed by atoms with E-state index in [1.807, 2.05) is 19.1 Å². The molecule has 35 heavy (non-hydrogen) atoms. The van der Waals surface area contributed by atoms with Crippen molar-refractivity contribution < 1.29 is 33.3 Å². The van der Waals surface area contributed by atoms with Gasteiger partial charge in [-0.1, -0.05) is 20.8 Å². The van der Waals surface area contributed by atoms with Crippen LogP contribution in [0, 0.1) is 0 Å². The molecule has 8 nitrogen and oxygen atoms in total. The van der Waals surface area contributed by atoms with Crippen molar-refractivity contribution in [3.63, 3.8) is 0 Å². The number of carbonyl (C=O) groups is 2. The fourth-order valence-corrected chi connectivity index (χ4v) is 4.26. The van der Waals surface area contributed by atoms with E-state index in [0.29, 0.717) is 47.3 Å². The van der Waals surface area contributed by atoms with Gasteiger partial charge in [-0.2, -0.15) is 0 Å². The lowest BCUT2D eigenvalue weighted by Crippen LogP contribution is -2.40. The molecule has 1 amide bonds. The van der Waals surface area contributed by atoms with E-state index >= 15 is 0 Å². The number of benzene rings is 2. The number of carbonyl (C=O) groups excluding carboxylic acids is 2. The van der Waals surface area contributed by atoms with E-state index in [-0.39, 0.29) is 23.7 Å². The van der Waals surface area contributed by atoms with E-state index in [1.165, 1.54) is 28.3 Å². The van der Waals surface area contributed by atoms with Gasteiger partial charge < -0.3 is 29.0 Å². The molecular formula is C27H35NO7. The van der Waals surface area contributed by atoms with Crippen molar-refractivity contribution in [2.24, 2.45) is 0 Å². The number of anilines is 1. The van der Waals surface area contributed by atoms with Gasteiger partial charge in [-0.25, -0.2) is 0 Å². The largest absolute Gasteiger partial charge is 0.493 e. The topological polar surface area (TPSA) is 92.3 Å². The highest BCUT2D eigenvalue weighted by atomic mass is 16.5. The van der Waals surface area contributed by atoms with Crippen LogP contribution >= 0.6 is 0 Å². The Morgan fingerprint density at radius 3 is 2.14 bits per heavy atom. The molecule has 1 aliphatic rings. The zero-order valence-electron chi connectivity index (χ0n) is 21.8. The number of methoxy groups -OCH3 is 3. The average molecular weight is 486 g/mol.